The van der Waals surface area contributed by atoms with E-state index in [2.05, 4.69) is 21.1 Å². The molecule has 0 atom stereocenters. The van der Waals surface area contributed by atoms with Crippen LogP contribution >= 0.6 is 15.9 Å². The van der Waals surface area contributed by atoms with Crippen molar-refractivity contribution >= 4 is 21.8 Å². The molecule has 0 aliphatic heterocycles. The summed E-state index contributed by atoms with van der Waals surface area (Å²) in [7, 11) is 0. The van der Waals surface area contributed by atoms with Gasteiger partial charge in [-0.3, -0.25) is 0 Å². The molecule has 104 valence electrons. The Morgan fingerprint density at radius 1 is 1.30 bits per heavy atom. The van der Waals surface area contributed by atoms with Crippen LogP contribution in [0.4, 0.5) is 4.39 Å². The van der Waals surface area contributed by atoms with E-state index in [1.165, 1.54) is 18.2 Å². The van der Waals surface area contributed by atoms with Gasteiger partial charge in [-0.15, -0.1) is 0 Å². The second-order valence-electron chi connectivity index (χ2n) is 4.11. The van der Waals surface area contributed by atoms with Gasteiger partial charge in [0.1, 0.15) is 17.3 Å². The lowest BCUT2D eigenvalue weighted by Crippen LogP contribution is -2.15. The molecule has 4 nitrogen and oxygen atoms in total. The van der Waals surface area contributed by atoms with E-state index >= 15 is 0 Å². The quantitative estimate of drug-likeness (QED) is 0.387. The lowest BCUT2D eigenvalue weighted by molar-refractivity contribution is 0.318. The molecule has 2 aromatic rings. The van der Waals surface area contributed by atoms with Gasteiger partial charge in [0, 0.05) is 4.47 Å². The van der Waals surface area contributed by atoms with Crippen molar-refractivity contribution in [1.82, 2.24) is 0 Å². The summed E-state index contributed by atoms with van der Waals surface area (Å²) in [5.41, 5.74) is 6.72. The highest BCUT2D eigenvalue weighted by Gasteiger charge is 2.14. The Hall–Kier alpha value is -2.08. The molecule has 0 fully saturated rings. The van der Waals surface area contributed by atoms with Crippen LogP contribution in [0.1, 0.15) is 11.1 Å². The number of nitrogens with zero attached hydrogens (tertiary/aromatic N) is 1. The van der Waals surface area contributed by atoms with Crippen molar-refractivity contribution in [1.29, 1.82) is 0 Å². The molecule has 3 N–H and O–H groups in total. The number of benzene rings is 2. The number of ether oxygens (including phenoxy) is 1. The molecule has 0 amide bonds. The fraction of sp³-hybridized carbons (Fsp3) is 0.0714. The van der Waals surface area contributed by atoms with Crippen LogP contribution in [0.3, 0.4) is 0 Å². The first-order valence-electron chi connectivity index (χ1n) is 5.73. The summed E-state index contributed by atoms with van der Waals surface area (Å²) < 4.78 is 19.4. The summed E-state index contributed by atoms with van der Waals surface area (Å²) in [4.78, 5) is 0. The summed E-state index contributed by atoms with van der Waals surface area (Å²) >= 11 is 3.32. The summed E-state index contributed by atoms with van der Waals surface area (Å²) in [6.07, 6.45) is 0. The van der Waals surface area contributed by atoms with Gasteiger partial charge >= 0.3 is 0 Å². The number of hydrogen-bond donors (Lipinski definition) is 2. The molecule has 2 rings (SSSR count). The Morgan fingerprint density at radius 3 is 2.70 bits per heavy atom. The van der Waals surface area contributed by atoms with E-state index in [9.17, 15) is 4.39 Å². The zero-order valence-electron chi connectivity index (χ0n) is 10.6. The normalized spacial score (nSPS) is 11.4. The standard InChI is InChI=1S/C14H12BrFN2O2/c1-8-7-9(16)5-6-11(8)20-12-4-2-3-10(15)13(12)14(17)18-19/h2-7,19H,1H3,(H2,17,18). The average Bonchev–Trinajstić information content (AvgIpc) is 2.41. The first-order valence-corrected chi connectivity index (χ1v) is 6.52. The molecule has 0 saturated heterocycles. The van der Waals surface area contributed by atoms with Crippen LogP contribution in [-0.2, 0) is 0 Å². The monoisotopic (exact) mass is 338 g/mol. The number of oxime groups is 1. The van der Waals surface area contributed by atoms with Gasteiger partial charge in [-0.1, -0.05) is 11.2 Å². The Balaban J connectivity index is 2.46. The number of nitrogens with two attached hydrogens (primary N) is 1. The fourth-order valence-corrected chi connectivity index (χ4v) is 2.28. The number of amidine groups is 1. The van der Waals surface area contributed by atoms with Crippen LogP contribution in [-0.4, -0.2) is 11.0 Å². The largest absolute Gasteiger partial charge is 0.456 e. The molecule has 0 aliphatic carbocycles. The van der Waals surface area contributed by atoms with E-state index in [1.807, 2.05) is 0 Å². The number of halogens is 2. The first kappa shape index (κ1) is 14.3. The van der Waals surface area contributed by atoms with E-state index in [1.54, 1.807) is 25.1 Å². The van der Waals surface area contributed by atoms with Crippen molar-refractivity contribution in [3.8, 4) is 11.5 Å². The molecule has 0 aromatic heterocycles. The number of aryl methyl sites for hydroxylation is 1. The maximum atomic E-state index is 13.1. The molecule has 0 radical (unpaired) electrons. The van der Waals surface area contributed by atoms with E-state index in [4.69, 9.17) is 15.7 Å². The molecule has 0 aliphatic rings. The van der Waals surface area contributed by atoms with Crippen LogP contribution in [0, 0.1) is 12.7 Å². The molecule has 20 heavy (non-hydrogen) atoms. The summed E-state index contributed by atoms with van der Waals surface area (Å²) in [6, 6.07) is 9.40. The van der Waals surface area contributed by atoms with Gasteiger partial charge in [0.15, 0.2) is 5.84 Å². The zero-order chi connectivity index (χ0) is 14.7. The van der Waals surface area contributed by atoms with Crippen molar-refractivity contribution in [2.75, 3.05) is 0 Å². The van der Waals surface area contributed by atoms with Crippen LogP contribution in [0.25, 0.3) is 0 Å². The van der Waals surface area contributed by atoms with Crippen molar-refractivity contribution < 1.29 is 14.3 Å². The van der Waals surface area contributed by atoms with Gasteiger partial charge in [-0.2, -0.15) is 0 Å². The van der Waals surface area contributed by atoms with Crippen LogP contribution in [0.15, 0.2) is 46.0 Å². The van der Waals surface area contributed by atoms with Crippen molar-refractivity contribution in [3.63, 3.8) is 0 Å². The minimum Gasteiger partial charge on any atom is -0.456 e. The highest BCUT2D eigenvalue weighted by Crippen LogP contribution is 2.32. The van der Waals surface area contributed by atoms with E-state index in [0.717, 1.165) is 0 Å². The highest BCUT2D eigenvalue weighted by atomic mass is 79.9. The van der Waals surface area contributed by atoms with Crippen LogP contribution in [0.2, 0.25) is 0 Å². The SMILES string of the molecule is Cc1cc(F)ccc1Oc1cccc(Br)c1/C(N)=N/O. The van der Waals surface area contributed by atoms with E-state index in [0.29, 0.717) is 27.1 Å². The van der Waals surface area contributed by atoms with Gasteiger partial charge in [0.25, 0.3) is 0 Å². The minimum atomic E-state index is -0.333. The third kappa shape index (κ3) is 2.91. The second kappa shape index (κ2) is 5.92. The molecule has 2 aromatic carbocycles. The van der Waals surface area contributed by atoms with Crippen molar-refractivity contribution in [2.45, 2.75) is 6.92 Å². The predicted octanol–water partition coefficient (Wildman–Crippen LogP) is 3.78. The first-order chi connectivity index (χ1) is 9.52. The molecular formula is C14H12BrFN2O2. The number of hydrogen-bond acceptors (Lipinski definition) is 3. The topological polar surface area (TPSA) is 67.8 Å². The summed E-state index contributed by atoms with van der Waals surface area (Å²) in [6.45, 7) is 1.74. The third-order valence-corrected chi connectivity index (χ3v) is 3.36. The number of rotatable bonds is 3. The van der Waals surface area contributed by atoms with Gasteiger partial charge in [-0.25, -0.2) is 4.39 Å². The Morgan fingerprint density at radius 2 is 2.05 bits per heavy atom. The third-order valence-electron chi connectivity index (χ3n) is 2.70. The molecular weight excluding hydrogens is 327 g/mol. The Kier molecular flexibility index (Phi) is 4.24. The van der Waals surface area contributed by atoms with E-state index in [-0.39, 0.29) is 11.7 Å². The predicted molar refractivity (Wildman–Crippen MR) is 77.9 cm³/mol. The lowest BCUT2D eigenvalue weighted by atomic mass is 10.1. The van der Waals surface area contributed by atoms with Crippen LogP contribution < -0.4 is 10.5 Å². The second-order valence-corrected chi connectivity index (χ2v) is 4.96. The lowest BCUT2D eigenvalue weighted by Gasteiger charge is -2.13. The minimum absolute atomic E-state index is 0.0766. The van der Waals surface area contributed by atoms with Crippen molar-refractivity contribution in [2.24, 2.45) is 10.9 Å². The molecule has 0 saturated carbocycles. The van der Waals surface area contributed by atoms with Gasteiger partial charge in [-0.05, 0) is 58.7 Å². The maximum Gasteiger partial charge on any atom is 0.175 e. The fourth-order valence-electron chi connectivity index (χ4n) is 1.73. The van der Waals surface area contributed by atoms with Gasteiger partial charge in [0.05, 0.1) is 5.56 Å². The Labute approximate surface area is 123 Å². The maximum absolute atomic E-state index is 13.1. The van der Waals surface area contributed by atoms with Crippen molar-refractivity contribution in [3.05, 3.63) is 57.8 Å². The van der Waals surface area contributed by atoms with E-state index < -0.39 is 0 Å². The summed E-state index contributed by atoms with van der Waals surface area (Å²) in [5, 5.41) is 11.8. The Bertz CT molecular complexity index is 674. The average molecular weight is 339 g/mol. The molecule has 0 heterocycles. The molecule has 0 spiro atoms. The molecule has 0 unspecified atom stereocenters. The van der Waals surface area contributed by atoms with Crippen LogP contribution in [0.5, 0.6) is 11.5 Å². The zero-order valence-corrected chi connectivity index (χ0v) is 12.2. The highest BCUT2D eigenvalue weighted by molar-refractivity contribution is 9.10. The van der Waals surface area contributed by atoms with Gasteiger partial charge in [0.2, 0.25) is 0 Å². The van der Waals surface area contributed by atoms with Gasteiger partial charge < -0.3 is 15.7 Å². The smallest absolute Gasteiger partial charge is 0.175 e. The molecule has 6 heteroatoms. The molecule has 0 bridgehead atoms. The summed E-state index contributed by atoms with van der Waals surface area (Å²) in [5.74, 6) is 0.494.